The van der Waals surface area contributed by atoms with E-state index in [9.17, 15) is 9.90 Å². The number of carbonyl (C=O) groups excluding carboxylic acids is 1. The number of hydrogen-bond donors (Lipinski definition) is 1. The molecule has 0 aliphatic heterocycles. The maximum atomic E-state index is 11.2. The average Bonchev–Trinajstić information content (AvgIpc) is 2.12. The number of hydrogen-bond acceptors (Lipinski definition) is 3. The summed E-state index contributed by atoms with van der Waals surface area (Å²) in [6, 6.07) is 4.72. The number of rotatable bonds is 3. The molecule has 14 heavy (non-hydrogen) atoms. The van der Waals surface area contributed by atoms with Gasteiger partial charge in [0.15, 0.2) is 0 Å². The lowest BCUT2D eigenvalue weighted by Gasteiger charge is -2.06. The highest BCUT2D eigenvalue weighted by Gasteiger charge is 2.06. The van der Waals surface area contributed by atoms with Crippen LogP contribution in [0.1, 0.15) is 25.3 Å². The SMILES string of the molecule is CCCC(=O)Oc1cc(O)ccc1C. The molecular weight excluding hydrogens is 180 g/mol. The van der Waals surface area contributed by atoms with Crippen LogP contribution in [0.5, 0.6) is 11.5 Å². The van der Waals surface area contributed by atoms with Crippen LogP contribution in [0.2, 0.25) is 0 Å². The molecule has 1 aromatic rings. The van der Waals surface area contributed by atoms with E-state index in [1.165, 1.54) is 6.07 Å². The van der Waals surface area contributed by atoms with Crippen LogP contribution in [0.25, 0.3) is 0 Å². The van der Waals surface area contributed by atoms with E-state index in [0.29, 0.717) is 12.2 Å². The molecule has 0 unspecified atom stereocenters. The van der Waals surface area contributed by atoms with Crippen LogP contribution in [0.3, 0.4) is 0 Å². The molecule has 0 atom stereocenters. The third-order valence-electron chi connectivity index (χ3n) is 1.85. The largest absolute Gasteiger partial charge is 0.508 e. The number of phenolic OH excluding ortho intramolecular Hbond substituents is 1. The van der Waals surface area contributed by atoms with Crippen LogP contribution in [0, 0.1) is 6.92 Å². The summed E-state index contributed by atoms with van der Waals surface area (Å²) >= 11 is 0. The Kier molecular flexibility index (Phi) is 3.51. The molecule has 76 valence electrons. The molecule has 0 aromatic heterocycles. The molecule has 0 aliphatic rings. The monoisotopic (exact) mass is 194 g/mol. The number of aromatic hydroxyl groups is 1. The number of esters is 1. The van der Waals surface area contributed by atoms with Gasteiger partial charge in [0.1, 0.15) is 11.5 Å². The summed E-state index contributed by atoms with van der Waals surface area (Å²) in [7, 11) is 0. The van der Waals surface area contributed by atoms with Crippen LogP contribution >= 0.6 is 0 Å². The molecule has 0 aliphatic carbocycles. The molecule has 1 aromatic carbocycles. The highest BCUT2D eigenvalue weighted by atomic mass is 16.5. The number of phenols is 1. The van der Waals surface area contributed by atoms with Gasteiger partial charge in [0, 0.05) is 12.5 Å². The third-order valence-corrected chi connectivity index (χ3v) is 1.85. The Morgan fingerprint density at radius 2 is 2.21 bits per heavy atom. The lowest BCUT2D eigenvalue weighted by molar-refractivity contribution is -0.134. The number of carbonyl (C=O) groups is 1. The van der Waals surface area contributed by atoms with Crippen molar-refractivity contribution in [1.29, 1.82) is 0 Å². The molecule has 0 bridgehead atoms. The second-order valence-corrected chi connectivity index (χ2v) is 3.17. The zero-order valence-corrected chi connectivity index (χ0v) is 8.41. The molecule has 0 amide bonds. The van der Waals surface area contributed by atoms with Crippen LogP contribution < -0.4 is 4.74 Å². The summed E-state index contributed by atoms with van der Waals surface area (Å²) in [5.41, 5.74) is 0.840. The van der Waals surface area contributed by atoms with E-state index >= 15 is 0 Å². The first-order chi connectivity index (χ1) is 6.63. The zero-order chi connectivity index (χ0) is 10.6. The summed E-state index contributed by atoms with van der Waals surface area (Å²) < 4.78 is 5.07. The molecule has 0 saturated heterocycles. The lowest BCUT2D eigenvalue weighted by atomic mass is 10.2. The number of benzene rings is 1. The standard InChI is InChI=1S/C11H14O3/c1-3-4-11(13)14-10-7-9(12)6-5-8(10)2/h5-7,12H,3-4H2,1-2H3. The Morgan fingerprint density at radius 1 is 1.50 bits per heavy atom. The molecule has 3 nitrogen and oxygen atoms in total. The minimum Gasteiger partial charge on any atom is -0.508 e. The Hall–Kier alpha value is -1.51. The molecule has 0 spiro atoms. The predicted molar refractivity (Wildman–Crippen MR) is 53.4 cm³/mol. The first-order valence-electron chi connectivity index (χ1n) is 4.63. The van der Waals surface area contributed by atoms with Crippen molar-refractivity contribution < 1.29 is 14.6 Å². The summed E-state index contributed by atoms with van der Waals surface area (Å²) in [6.45, 7) is 3.74. The minimum atomic E-state index is -0.263. The van der Waals surface area contributed by atoms with Gasteiger partial charge < -0.3 is 9.84 Å². The summed E-state index contributed by atoms with van der Waals surface area (Å²) in [4.78, 5) is 11.2. The van der Waals surface area contributed by atoms with Crippen molar-refractivity contribution in [3.8, 4) is 11.5 Å². The topological polar surface area (TPSA) is 46.5 Å². The lowest BCUT2D eigenvalue weighted by Crippen LogP contribution is -2.07. The van der Waals surface area contributed by atoms with Crippen molar-refractivity contribution in [3.63, 3.8) is 0 Å². The Labute approximate surface area is 83.3 Å². The number of ether oxygens (including phenoxy) is 1. The van der Waals surface area contributed by atoms with Crippen LogP contribution in [-0.2, 0) is 4.79 Å². The molecule has 0 radical (unpaired) electrons. The van der Waals surface area contributed by atoms with E-state index < -0.39 is 0 Å². The van der Waals surface area contributed by atoms with E-state index in [0.717, 1.165) is 12.0 Å². The quantitative estimate of drug-likeness (QED) is 0.593. The van der Waals surface area contributed by atoms with Gasteiger partial charge in [-0.2, -0.15) is 0 Å². The fourth-order valence-corrected chi connectivity index (χ4v) is 1.08. The van der Waals surface area contributed by atoms with E-state index in [4.69, 9.17) is 4.74 Å². The molecule has 0 fully saturated rings. The maximum Gasteiger partial charge on any atom is 0.311 e. The zero-order valence-electron chi connectivity index (χ0n) is 8.41. The molecule has 0 heterocycles. The van der Waals surface area contributed by atoms with Gasteiger partial charge in [-0.1, -0.05) is 13.0 Å². The molecule has 1 N–H and O–H groups in total. The van der Waals surface area contributed by atoms with Crippen molar-refractivity contribution in [2.45, 2.75) is 26.7 Å². The predicted octanol–water partition coefficient (Wildman–Crippen LogP) is 2.41. The maximum absolute atomic E-state index is 11.2. The van der Waals surface area contributed by atoms with E-state index in [-0.39, 0.29) is 11.7 Å². The van der Waals surface area contributed by atoms with Gasteiger partial charge in [-0.15, -0.1) is 0 Å². The van der Waals surface area contributed by atoms with Gasteiger partial charge in [-0.3, -0.25) is 4.79 Å². The fraction of sp³-hybridized carbons (Fsp3) is 0.364. The highest BCUT2D eigenvalue weighted by Crippen LogP contribution is 2.23. The second kappa shape index (κ2) is 4.65. The van der Waals surface area contributed by atoms with Gasteiger partial charge in [0.05, 0.1) is 0 Å². The summed E-state index contributed by atoms with van der Waals surface area (Å²) in [6.07, 6.45) is 1.16. The fourth-order valence-electron chi connectivity index (χ4n) is 1.08. The number of aryl methyl sites for hydroxylation is 1. The molecule has 1 rings (SSSR count). The highest BCUT2D eigenvalue weighted by molar-refractivity contribution is 5.72. The van der Waals surface area contributed by atoms with Crippen molar-refractivity contribution in [2.24, 2.45) is 0 Å². The van der Waals surface area contributed by atoms with Crippen molar-refractivity contribution >= 4 is 5.97 Å². The Bertz CT molecular complexity index is 331. The van der Waals surface area contributed by atoms with Crippen LogP contribution in [0.15, 0.2) is 18.2 Å². The van der Waals surface area contributed by atoms with Crippen molar-refractivity contribution in [1.82, 2.24) is 0 Å². The van der Waals surface area contributed by atoms with E-state index in [1.54, 1.807) is 12.1 Å². The average molecular weight is 194 g/mol. The van der Waals surface area contributed by atoms with Crippen molar-refractivity contribution in [3.05, 3.63) is 23.8 Å². The van der Waals surface area contributed by atoms with E-state index in [2.05, 4.69) is 0 Å². The first-order valence-corrected chi connectivity index (χ1v) is 4.63. The second-order valence-electron chi connectivity index (χ2n) is 3.17. The molecule has 3 heteroatoms. The van der Waals surface area contributed by atoms with Crippen molar-refractivity contribution in [2.75, 3.05) is 0 Å². The van der Waals surface area contributed by atoms with Crippen LogP contribution in [0.4, 0.5) is 0 Å². The summed E-state index contributed by atoms with van der Waals surface area (Å²) in [5, 5.41) is 9.19. The smallest absolute Gasteiger partial charge is 0.311 e. The third kappa shape index (κ3) is 2.76. The van der Waals surface area contributed by atoms with Gasteiger partial charge in [0.25, 0.3) is 0 Å². The molecule has 0 saturated carbocycles. The van der Waals surface area contributed by atoms with Gasteiger partial charge in [-0.05, 0) is 25.0 Å². The van der Waals surface area contributed by atoms with Gasteiger partial charge >= 0.3 is 5.97 Å². The normalized spacial score (nSPS) is 9.86. The van der Waals surface area contributed by atoms with E-state index in [1.807, 2.05) is 13.8 Å². The minimum absolute atomic E-state index is 0.106. The molecular formula is C11H14O3. The Morgan fingerprint density at radius 3 is 2.86 bits per heavy atom. The van der Waals surface area contributed by atoms with Gasteiger partial charge in [0.2, 0.25) is 0 Å². The van der Waals surface area contributed by atoms with Crippen LogP contribution in [-0.4, -0.2) is 11.1 Å². The summed E-state index contributed by atoms with van der Waals surface area (Å²) in [5.74, 6) is 0.277. The van der Waals surface area contributed by atoms with Gasteiger partial charge in [-0.25, -0.2) is 0 Å². The first kappa shape index (κ1) is 10.6. The Balaban J connectivity index is 2.75.